The van der Waals surface area contributed by atoms with Gasteiger partial charge in [-0.05, 0) is 37.5 Å². The predicted octanol–water partition coefficient (Wildman–Crippen LogP) is 0.441. The van der Waals surface area contributed by atoms with Crippen LogP contribution in [0.4, 0.5) is 0 Å². The van der Waals surface area contributed by atoms with Gasteiger partial charge in [0.05, 0.1) is 6.10 Å². The van der Waals surface area contributed by atoms with E-state index in [9.17, 15) is 5.11 Å². The van der Waals surface area contributed by atoms with Crippen molar-refractivity contribution in [2.75, 3.05) is 26.2 Å². The molecule has 3 aliphatic rings. The summed E-state index contributed by atoms with van der Waals surface area (Å²) < 4.78 is 0. The fraction of sp³-hybridized carbons (Fsp3) is 1.00. The van der Waals surface area contributed by atoms with E-state index in [0.29, 0.717) is 0 Å². The van der Waals surface area contributed by atoms with Crippen molar-refractivity contribution in [3.63, 3.8) is 0 Å². The Morgan fingerprint density at radius 2 is 1.53 bits per heavy atom. The zero-order chi connectivity index (χ0) is 10.3. The summed E-state index contributed by atoms with van der Waals surface area (Å²) in [6.45, 7) is 4.78. The second kappa shape index (κ2) is 4.04. The minimum absolute atomic E-state index is 0.0176. The monoisotopic (exact) mass is 210 g/mol. The fourth-order valence-corrected chi connectivity index (χ4v) is 3.90. The third kappa shape index (κ3) is 1.93. The first-order chi connectivity index (χ1) is 7.33. The Kier molecular flexibility index (Phi) is 2.71. The lowest BCUT2D eigenvalue weighted by molar-refractivity contribution is 0.142. The van der Waals surface area contributed by atoms with E-state index in [1.165, 1.54) is 25.9 Å². The molecule has 0 amide bonds. The van der Waals surface area contributed by atoms with Crippen LogP contribution in [-0.4, -0.2) is 48.3 Å². The standard InChI is InChI=1S/C12H22N2O/c15-12-7-9-5-11(6-10(9)8-12)14-3-1-13-2-4-14/h9-13,15H,1-8H2. The lowest BCUT2D eigenvalue weighted by Crippen LogP contribution is -2.47. The molecule has 1 heterocycles. The van der Waals surface area contributed by atoms with Gasteiger partial charge in [0.15, 0.2) is 0 Å². The van der Waals surface area contributed by atoms with Gasteiger partial charge in [-0.2, -0.15) is 0 Å². The van der Waals surface area contributed by atoms with Crippen molar-refractivity contribution in [3.05, 3.63) is 0 Å². The Morgan fingerprint density at radius 3 is 2.13 bits per heavy atom. The van der Waals surface area contributed by atoms with Gasteiger partial charge < -0.3 is 10.4 Å². The zero-order valence-electron chi connectivity index (χ0n) is 9.36. The minimum Gasteiger partial charge on any atom is -0.393 e. The van der Waals surface area contributed by atoms with Crippen molar-refractivity contribution in [3.8, 4) is 0 Å². The van der Waals surface area contributed by atoms with E-state index in [2.05, 4.69) is 10.2 Å². The molecule has 3 nitrogen and oxygen atoms in total. The molecule has 0 aromatic rings. The van der Waals surface area contributed by atoms with Gasteiger partial charge >= 0.3 is 0 Å². The lowest BCUT2D eigenvalue weighted by atomic mass is 10.0. The number of nitrogens with zero attached hydrogens (tertiary/aromatic N) is 1. The van der Waals surface area contributed by atoms with E-state index in [1.54, 1.807) is 0 Å². The molecule has 2 N–H and O–H groups in total. The number of aliphatic hydroxyl groups excluding tert-OH is 1. The molecule has 0 aromatic heterocycles. The molecule has 0 spiro atoms. The maximum atomic E-state index is 9.61. The van der Waals surface area contributed by atoms with Crippen LogP contribution in [-0.2, 0) is 0 Å². The van der Waals surface area contributed by atoms with Crippen LogP contribution in [0.2, 0.25) is 0 Å². The van der Waals surface area contributed by atoms with E-state index in [1.807, 2.05) is 0 Å². The summed E-state index contributed by atoms with van der Waals surface area (Å²) in [4.78, 5) is 2.67. The molecule has 3 fully saturated rings. The first kappa shape index (κ1) is 10.1. The number of hydrogen-bond donors (Lipinski definition) is 2. The van der Waals surface area contributed by atoms with E-state index < -0.39 is 0 Å². The van der Waals surface area contributed by atoms with Gasteiger partial charge in [0.1, 0.15) is 0 Å². The maximum Gasteiger partial charge on any atom is 0.0545 e. The highest BCUT2D eigenvalue weighted by atomic mass is 16.3. The number of aliphatic hydroxyl groups is 1. The van der Waals surface area contributed by atoms with Crippen LogP contribution in [0.5, 0.6) is 0 Å². The number of fused-ring (bicyclic) bond motifs is 1. The van der Waals surface area contributed by atoms with Gasteiger partial charge in [0.25, 0.3) is 0 Å². The maximum absolute atomic E-state index is 9.61. The smallest absolute Gasteiger partial charge is 0.0545 e. The molecular weight excluding hydrogens is 188 g/mol. The lowest BCUT2D eigenvalue weighted by Gasteiger charge is -2.33. The number of hydrogen-bond acceptors (Lipinski definition) is 3. The van der Waals surface area contributed by atoms with Crippen molar-refractivity contribution in [2.45, 2.75) is 37.8 Å². The first-order valence-electron chi connectivity index (χ1n) is 6.46. The van der Waals surface area contributed by atoms with Crippen LogP contribution < -0.4 is 5.32 Å². The molecule has 2 atom stereocenters. The van der Waals surface area contributed by atoms with Crippen LogP contribution in [0.25, 0.3) is 0 Å². The van der Waals surface area contributed by atoms with Crippen molar-refractivity contribution in [2.24, 2.45) is 11.8 Å². The Balaban J connectivity index is 1.57. The van der Waals surface area contributed by atoms with E-state index in [0.717, 1.165) is 43.8 Å². The van der Waals surface area contributed by atoms with Crippen molar-refractivity contribution >= 4 is 0 Å². The number of piperazine rings is 1. The average molecular weight is 210 g/mol. The second-order valence-corrected chi connectivity index (χ2v) is 5.56. The van der Waals surface area contributed by atoms with Gasteiger partial charge in [0, 0.05) is 32.2 Å². The highest BCUT2D eigenvalue weighted by Crippen LogP contribution is 2.45. The molecule has 2 unspecified atom stereocenters. The van der Waals surface area contributed by atoms with Crippen LogP contribution in [0.1, 0.15) is 25.7 Å². The molecule has 0 radical (unpaired) electrons. The normalized spacial score (nSPS) is 47.0. The molecule has 15 heavy (non-hydrogen) atoms. The van der Waals surface area contributed by atoms with Gasteiger partial charge in [-0.1, -0.05) is 0 Å². The van der Waals surface area contributed by atoms with Crippen LogP contribution in [0, 0.1) is 11.8 Å². The SMILES string of the molecule is OC1CC2CC(N3CCNCC3)CC2C1. The molecule has 3 heteroatoms. The average Bonchev–Trinajstić information content (AvgIpc) is 2.76. The van der Waals surface area contributed by atoms with Crippen LogP contribution in [0.3, 0.4) is 0 Å². The van der Waals surface area contributed by atoms with Gasteiger partial charge in [0.2, 0.25) is 0 Å². The predicted molar refractivity (Wildman–Crippen MR) is 59.7 cm³/mol. The molecule has 1 saturated heterocycles. The molecule has 1 aliphatic heterocycles. The van der Waals surface area contributed by atoms with Gasteiger partial charge in [-0.3, -0.25) is 4.90 Å². The Bertz CT molecular complexity index is 214. The summed E-state index contributed by atoms with van der Waals surface area (Å²) in [6, 6.07) is 0.828. The second-order valence-electron chi connectivity index (χ2n) is 5.56. The summed E-state index contributed by atoms with van der Waals surface area (Å²) in [6.07, 6.45) is 4.87. The third-order valence-corrected chi connectivity index (χ3v) is 4.63. The van der Waals surface area contributed by atoms with Crippen molar-refractivity contribution < 1.29 is 5.11 Å². The number of rotatable bonds is 1. The summed E-state index contributed by atoms with van der Waals surface area (Å²) in [7, 11) is 0. The van der Waals surface area contributed by atoms with E-state index >= 15 is 0 Å². The molecular formula is C12H22N2O. The highest BCUT2D eigenvalue weighted by molar-refractivity contribution is 4.95. The molecule has 3 rings (SSSR count). The van der Waals surface area contributed by atoms with E-state index in [4.69, 9.17) is 0 Å². The van der Waals surface area contributed by atoms with Crippen LogP contribution in [0.15, 0.2) is 0 Å². The Morgan fingerprint density at radius 1 is 0.933 bits per heavy atom. The summed E-state index contributed by atoms with van der Waals surface area (Å²) in [5, 5.41) is 13.0. The van der Waals surface area contributed by atoms with Crippen molar-refractivity contribution in [1.29, 1.82) is 0 Å². The Hall–Kier alpha value is -0.120. The molecule has 2 saturated carbocycles. The summed E-state index contributed by atoms with van der Waals surface area (Å²) >= 11 is 0. The molecule has 86 valence electrons. The largest absolute Gasteiger partial charge is 0.393 e. The van der Waals surface area contributed by atoms with Gasteiger partial charge in [-0.15, -0.1) is 0 Å². The zero-order valence-corrected chi connectivity index (χ0v) is 9.36. The minimum atomic E-state index is 0.0176. The molecule has 2 aliphatic carbocycles. The van der Waals surface area contributed by atoms with Gasteiger partial charge in [-0.25, -0.2) is 0 Å². The van der Waals surface area contributed by atoms with E-state index in [-0.39, 0.29) is 6.10 Å². The molecule has 0 bridgehead atoms. The third-order valence-electron chi connectivity index (χ3n) is 4.63. The first-order valence-corrected chi connectivity index (χ1v) is 6.46. The fourth-order valence-electron chi connectivity index (χ4n) is 3.90. The van der Waals surface area contributed by atoms with Crippen LogP contribution >= 0.6 is 0 Å². The topological polar surface area (TPSA) is 35.5 Å². The summed E-state index contributed by atoms with van der Waals surface area (Å²) in [5.74, 6) is 1.67. The number of nitrogens with one attached hydrogen (secondary N) is 1. The quantitative estimate of drug-likeness (QED) is 0.659. The van der Waals surface area contributed by atoms with Crippen molar-refractivity contribution in [1.82, 2.24) is 10.2 Å². The Labute approximate surface area is 91.8 Å². The highest BCUT2D eigenvalue weighted by Gasteiger charge is 2.42. The molecule has 0 aromatic carbocycles. The summed E-state index contributed by atoms with van der Waals surface area (Å²) in [5.41, 5.74) is 0.